The molecule has 0 saturated carbocycles. The molecule has 1 aliphatic heterocycles. The highest BCUT2D eigenvalue weighted by Crippen LogP contribution is 2.18. The van der Waals surface area contributed by atoms with Gasteiger partial charge in [-0.2, -0.15) is 0 Å². The van der Waals surface area contributed by atoms with E-state index in [1.165, 1.54) is 11.3 Å². The number of aliphatic hydroxyl groups is 1. The Morgan fingerprint density at radius 3 is 2.71 bits per heavy atom. The van der Waals surface area contributed by atoms with Crippen molar-refractivity contribution < 1.29 is 14.7 Å². The Hall–Kier alpha value is -2.22. The van der Waals surface area contributed by atoms with E-state index in [-0.39, 0.29) is 17.7 Å². The van der Waals surface area contributed by atoms with Crippen LogP contribution in [0.25, 0.3) is 0 Å². The van der Waals surface area contributed by atoms with Crippen LogP contribution in [-0.2, 0) is 0 Å². The van der Waals surface area contributed by atoms with Gasteiger partial charge in [0.15, 0.2) is 0 Å². The maximum absolute atomic E-state index is 12.4. The van der Waals surface area contributed by atoms with Gasteiger partial charge in [0.25, 0.3) is 11.8 Å². The van der Waals surface area contributed by atoms with Gasteiger partial charge in [0.1, 0.15) is 0 Å². The Labute approximate surface area is 143 Å². The third-order valence-corrected chi connectivity index (χ3v) is 4.86. The molecule has 126 valence electrons. The van der Waals surface area contributed by atoms with Crippen molar-refractivity contribution >= 4 is 28.8 Å². The summed E-state index contributed by atoms with van der Waals surface area (Å²) in [6.07, 6.45) is -0.445. The Bertz CT molecular complexity index is 718. The fourth-order valence-electron chi connectivity index (χ4n) is 2.63. The van der Waals surface area contributed by atoms with Gasteiger partial charge in [0, 0.05) is 25.6 Å². The molecule has 6 nitrogen and oxygen atoms in total. The molecule has 1 fully saturated rings. The van der Waals surface area contributed by atoms with E-state index in [0.717, 1.165) is 0 Å². The highest BCUT2D eigenvalue weighted by Gasteiger charge is 2.25. The molecule has 1 aromatic heterocycles. The molecule has 0 spiro atoms. The van der Waals surface area contributed by atoms with E-state index in [2.05, 4.69) is 16.0 Å². The minimum absolute atomic E-state index is 0.00169. The molecule has 3 rings (SSSR count). The lowest BCUT2D eigenvalue weighted by Crippen LogP contribution is -2.34. The van der Waals surface area contributed by atoms with Crippen molar-refractivity contribution in [2.24, 2.45) is 5.92 Å². The first kappa shape index (κ1) is 16.6. The van der Waals surface area contributed by atoms with Gasteiger partial charge in [-0.05, 0) is 23.6 Å². The van der Waals surface area contributed by atoms with E-state index in [4.69, 9.17) is 0 Å². The Morgan fingerprint density at radius 2 is 2.00 bits per heavy atom. The molecule has 4 N–H and O–H groups in total. The molecule has 2 heterocycles. The molecule has 1 saturated heterocycles. The SMILES string of the molecule is O=C(Nc1ccccc1C(=O)NCC1CNCC1O)c1cccs1. The zero-order valence-electron chi connectivity index (χ0n) is 13.0. The number of hydrogen-bond donors (Lipinski definition) is 4. The summed E-state index contributed by atoms with van der Waals surface area (Å²) >= 11 is 1.34. The summed E-state index contributed by atoms with van der Waals surface area (Å²) < 4.78 is 0. The van der Waals surface area contributed by atoms with E-state index in [0.29, 0.717) is 35.8 Å². The number of rotatable bonds is 5. The quantitative estimate of drug-likeness (QED) is 0.658. The zero-order valence-corrected chi connectivity index (χ0v) is 13.8. The molecule has 1 aromatic carbocycles. The molecule has 7 heteroatoms. The van der Waals surface area contributed by atoms with Crippen molar-refractivity contribution in [3.63, 3.8) is 0 Å². The van der Waals surface area contributed by atoms with Crippen LogP contribution in [-0.4, -0.2) is 42.7 Å². The van der Waals surface area contributed by atoms with Crippen LogP contribution in [0, 0.1) is 5.92 Å². The maximum Gasteiger partial charge on any atom is 0.265 e. The molecule has 2 atom stereocenters. The average molecular weight is 345 g/mol. The summed E-state index contributed by atoms with van der Waals surface area (Å²) in [4.78, 5) is 25.2. The van der Waals surface area contributed by atoms with Crippen LogP contribution in [0.5, 0.6) is 0 Å². The van der Waals surface area contributed by atoms with Gasteiger partial charge in [0.2, 0.25) is 0 Å². The summed E-state index contributed by atoms with van der Waals surface area (Å²) in [6.45, 7) is 1.62. The second kappa shape index (κ2) is 7.57. The number of carbonyl (C=O) groups excluding carboxylic acids is 2. The average Bonchev–Trinajstić information content (AvgIpc) is 3.25. The molecule has 2 amide bonds. The van der Waals surface area contributed by atoms with Crippen LogP contribution in [0.15, 0.2) is 41.8 Å². The van der Waals surface area contributed by atoms with Gasteiger partial charge < -0.3 is 21.1 Å². The number of anilines is 1. The number of β-amino-alcohol motifs (C(OH)–C–C–N with tert-alkyl or cyclic N) is 1. The van der Waals surface area contributed by atoms with Gasteiger partial charge >= 0.3 is 0 Å². The Morgan fingerprint density at radius 1 is 1.17 bits per heavy atom. The molecule has 2 unspecified atom stereocenters. The maximum atomic E-state index is 12.4. The van der Waals surface area contributed by atoms with Crippen molar-refractivity contribution in [2.45, 2.75) is 6.10 Å². The summed E-state index contributed by atoms with van der Waals surface area (Å²) in [5.74, 6) is -0.501. The summed E-state index contributed by atoms with van der Waals surface area (Å²) in [6, 6.07) is 10.4. The number of hydrogen-bond acceptors (Lipinski definition) is 5. The van der Waals surface area contributed by atoms with Crippen molar-refractivity contribution in [3.05, 3.63) is 52.2 Å². The predicted octanol–water partition coefficient (Wildman–Crippen LogP) is 1.31. The molecule has 1 aliphatic rings. The van der Waals surface area contributed by atoms with E-state index < -0.39 is 6.10 Å². The van der Waals surface area contributed by atoms with Crippen LogP contribution in [0.1, 0.15) is 20.0 Å². The van der Waals surface area contributed by atoms with Gasteiger partial charge in [0.05, 0.1) is 22.2 Å². The fraction of sp³-hybridized carbons (Fsp3) is 0.294. The van der Waals surface area contributed by atoms with Gasteiger partial charge in [-0.15, -0.1) is 11.3 Å². The normalized spacial score (nSPS) is 19.9. The molecular weight excluding hydrogens is 326 g/mol. The highest BCUT2D eigenvalue weighted by atomic mass is 32.1. The first-order valence-corrected chi connectivity index (χ1v) is 8.64. The first-order valence-electron chi connectivity index (χ1n) is 7.76. The number of thiophene rings is 1. The molecule has 0 aliphatic carbocycles. The fourth-order valence-corrected chi connectivity index (χ4v) is 3.25. The minimum Gasteiger partial charge on any atom is -0.391 e. The number of para-hydroxylation sites is 1. The number of benzene rings is 1. The predicted molar refractivity (Wildman–Crippen MR) is 93.4 cm³/mol. The van der Waals surface area contributed by atoms with Crippen molar-refractivity contribution in [1.82, 2.24) is 10.6 Å². The monoisotopic (exact) mass is 345 g/mol. The topological polar surface area (TPSA) is 90.5 Å². The molecule has 0 radical (unpaired) electrons. The van der Waals surface area contributed by atoms with Crippen molar-refractivity contribution in [1.29, 1.82) is 0 Å². The van der Waals surface area contributed by atoms with Gasteiger partial charge in [-0.25, -0.2) is 0 Å². The van der Waals surface area contributed by atoms with Crippen LogP contribution in [0.4, 0.5) is 5.69 Å². The minimum atomic E-state index is -0.445. The summed E-state index contributed by atoms with van der Waals surface area (Å²) in [7, 11) is 0. The number of nitrogens with one attached hydrogen (secondary N) is 3. The first-order chi connectivity index (χ1) is 11.6. The lowest BCUT2D eigenvalue weighted by molar-refractivity contribution is 0.0928. The lowest BCUT2D eigenvalue weighted by atomic mass is 10.1. The second-order valence-electron chi connectivity index (χ2n) is 5.67. The smallest absolute Gasteiger partial charge is 0.265 e. The van der Waals surface area contributed by atoms with Gasteiger partial charge in [-0.1, -0.05) is 18.2 Å². The third kappa shape index (κ3) is 3.81. The van der Waals surface area contributed by atoms with Crippen LogP contribution in [0.3, 0.4) is 0 Å². The van der Waals surface area contributed by atoms with E-state index in [1.54, 1.807) is 36.4 Å². The molecular formula is C17H19N3O3S. The van der Waals surface area contributed by atoms with Crippen molar-refractivity contribution in [2.75, 3.05) is 25.0 Å². The largest absolute Gasteiger partial charge is 0.391 e. The van der Waals surface area contributed by atoms with E-state index >= 15 is 0 Å². The zero-order chi connectivity index (χ0) is 16.9. The molecule has 24 heavy (non-hydrogen) atoms. The molecule has 0 bridgehead atoms. The second-order valence-corrected chi connectivity index (χ2v) is 6.62. The van der Waals surface area contributed by atoms with Crippen LogP contribution >= 0.6 is 11.3 Å². The standard InChI is InChI=1S/C17H19N3O3S/c21-14-10-18-8-11(14)9-19-16(22)12-4-1-2-5-13(12)20-17(23)15-6-3-7-24-15/h1-7,11,14,18,21H,8-10H2,(H,19,22)(H,20,23). The number of aliphatic hydroxyl groups excluding tert-OH is 1. The Balaban J connectivity index is 1.66. The van der Waals surface area contributed by atoms with Crippen LogP contribution in [0.2, 0.25) is 0 Å². The van der Waals surface area contributed by atoms with Gasteiger partial charge in [-0.3, -0.25) is 9.59 Å². The summed E-state index contributed by atoms with van der Waals surface area (Å²) in [5, 5.41) is 20.3. The number of carbonyl (C=O) groups is 2. The van der Waals surface area contributed by atoms with E-state index in [9.17, 15) is 14.7 Å². The van der Waals surface area contributed by atoms with Crippen LogP contribution < -0.4 is 16.0 Å². The highest BCUT2D eigenvalue weighted by molar-refractivity contribution is 7.12. The van der Waals surface area contributed by atoms with E-state index in [1.807, 2.05) is 5.38 Å². The Kier molecular flexibility index (Phi) is 5.24. The van der Waals surface area contributed by atoms with Crippen molar-refractivity contribution in [3.8, 4) is 0 Å². The third-order valence-electron chi connectivity index (χ3n) is 3.99. The summed E-state index contributed by atoms with van der Waals surface area (Å²) in [5.41, 5.74) is 0.876. The molecule has 2 aromatic rings. The number of amides is 2. The lowest BCUT2D eigenvalue weighted by Gasteiger charge is -2.15.